The Balaban J connectivity index is 2.25. The number of halogens is 1. The van der Waals surface area contributed by atoms with E-state index in [2.05, 4.69) is 10.5 Å². The highest BCUT2D eigenvalue weighted by Gasteiger charge is 2.10. The maximum Gasteiger partial charge on any atom is 0.204 e. The summed E-state index contributed by atoms with van der Waals surface area (Å²) < 4.78 is 18.1. The molecule has 0 unspecified atom stereocenters. The number of nitrogens with one attached hydrogen (secondary N) is 1. The third-order valence-corrected chi connectivity index (χ3v) is 2.12. The van der Waals surface area contributed by atoms with Crippen LogP contribution in [0.4, 0.5) is 10.2 Å². The molecule has 80 valence electrons. The number of hydrogen-bond acceptors (Lipinski definition) is 4. The summed E-state index contributed by atoms with van der Waals surface area (Å²) >= 11 is 0. The van der Waals surface area contributed by atoms with Crippen LogP contribution in [0.15, 0.2) is 22.7 Å². The van der Waals surface area contributed by atoms with Crippen LogP contribution in [0.5, 0.6) is 0 Å². The molecule has 0 aliphatic heterocycles. The second kappa shape index (κ2) is 4.27. The number of aromatic nitrogens is 1. The second-order valence-corrected chi connectivity index (χ2v) is 3.22. The van der Waals surface area contributed by atoms with E-state index in [0.29, 0.717) is 24.3 Å². The van der Waals surface area contributed by atoms with Crippen LogP contribution in [0.3, 0.4) is 0 Å². The van der Waals surface area contributed by atoms with Gasteiger partial charge in [-0.25, -0.2) is 4.39 Å². The fourth-order valence-corrected chi connectivity index (χ4v) is 1.36. The Morgan fingerprint density at radius 3 is 3.13 bits per heavy atom. The summed E-state index contributed by atoms with van der Waals surface area (Å²) in [6, 6.07) is 4.74. The first-order valence-electron chi connectivity index (χ1n) is 4.81. The lowest BCUT2D eigenvalue weighted by atomic mass is 10.2. The molecule has 0 bridgehead atoms. The van der Waals surface area contributed by atoms with Crippen LogP contribution in [0.2, 0.25) is 0 Å². The van der Waals surface area contributed by atoms with E-state index in [0.717, 1.165) is 6.42 Å². The predicted molar refractivity (Wildman–Crippen MR) is 56.1 cm³/mol. The van der Waals surface area contributed by atoms with Crippen LogP contribution in [-0.2, 0) is 0 Å². The Labute approximate surface area is 86.2 Å². The van der Waals surface area contributed by atoms with Gasteiger partial charge >= 0.3 is 0 Å². The van der Waals surface area contributed by atoms with Crippen LogP contribution >= 0.6 is 0 Å². The van der Waals surface area contributed by atoms with Crippen molar-refractivity contribution in [3.63, 3.8) is 0 Å². The van der Waals surface area contributed by atoms with E-state index < -0.39 is 5.82 Å². The molecule has 2 rings (SSSR count). The second-order valence-electron chi connectivity index (χ2n) is 3.22. The molecule has 0 aliphatic rings. The molecule has 0 saturated carbocycles. The van der Waals surface area contributed by atoms with Gasteiger partial charge in [-0.3, -0.25) is 0 Å². The van der Waals surface area contributed by atoms with Gasteiger partial charge in [0, 0.05) is 6.54 Å². The molecular formula is C10H12FN3O. The highest BCUT2D eigenvalue weighted by atomic mass is 19.1. The Kier molecular flexibility index (Phi) is 2.82. The zero-order valence-electron chi connectivity index (χ0n) is 8.16. The van der Waals surface area contributed by atoms with E-state index in [1.807, 2.05) is 0 Å². The van der Waals surface area contributed by atoms with Gasteiger partial charge in [0.25, 0.3) is 0 Å². The Morgan fingerprint density at radius 2 is 2.33 bits per heavy atom. The smallest absolute Gasteiger partial charge is 0.204 e. The Morgan fingerprint density at radius 1 is 1.47 bits per heavy atom. The zero-order valence-corrected chi connectivity index (χ0v) is 8.16. The zero-order chi connectivity index (χ0) is 10.7. The van der Waals surface area contributed by atoms with Gasteiger partial charge in [0.15, 0.2) is 11.6 Å². The normalized spacial score (nSPS) is 10.8. The number of nitrogens with two attached hydrogens (primary N) is 1. The molecule has 3 N–H and O–H groups in total. The van der Waals surface area contributed by atoms with Crippen molar-refractivity contribution >= 4 is 16.8 Å². The topological polar surface area (TPSA) is 64.1 Å². The number of rotatable bonds is 4. The van der Waals surface area contributed by atoms with E-state index in [1.54, 1.807) is 12.1 Å². The summed E-state index contributed by atoms with van der Waals surface area (Å²) in [7, 11) is 0. The molecular weight excluding hydrogens is 197 g/mol. The lowest BCUT2D eigenvalue weighted by molar-refractivity contribution is 0.443. The molecule has 4 nitrogen and oxygen atoms in total. The highest BCUT2D eigenvalue weighted by Crippen LogP contribution is 2.24. The summed E-state index contributed by atoms with van der Waals surface area (Å²) in [5.74, 6) is 0.171. The molecule has 2 aromatic rings. The SMILES string of the molecule is NCCCNc1noc2c(F)cccc12. The van der Waals surface area contributed by atoms with Gasteiger partial charge in [0.05, 0.1) is 5.39 Å². The largest absolute Gasteiger partial charge is 0.367 e. The minimum atomic E-state index is -0.396. The molecule has 0 amide bonds. The first-order chi connectivity index (χ1) is 7.33. The summed E-state index contributed by atoms with van der Waals surface area (Å²) in [6.07, 6.45) is 0.837. The minimum absolute atomic E-state index is 0.188. The first-order valence-corrected chi connectivity index (χ1v) is 4.81. The molecule has 1 aromatic heterocycles. The molecule has 5 heteroatoms. The van der Waals surface area contributed by atoms with Crippen LogP contribution in [0.1, 0.15) is 6.42 Å². The van der Waals surface area contributed by atoms with Gasteiger partial charge in [0.2, 0.25) is 5.58 Å². The van der Waals surface area contributed by atoms with Gasteiger partial charge in [-0.15, -0.1) is 0 Å². The quantitative estimate of drug-likeness (QED) is 0.752. The van der Waals surface area contributed by atoms with Gasteiger partial charge in [-0.2, -0.15) is 0 Å². The molecule has 0 fully saturated rings. The third-order valence-electron chi connectivity index (χ3n) is 2.12. The van der Waals surface area contributed by atoms with Crippen molar-refractivity contribution < 1.29 is 8.91 Å². The summed E-state index contributed by atoms with van der Waals surface area (Å²) in [6.45, 7) is 1.31. The predicted octanol–water partition coefficient (Wildman–Crippen LogP) is 1.73. The molecule has 0 spiro atoms. The first kappa shape index (κ1) is 9.92. The van der Waals surface area contributed by atoms with Crippen LogP contribution in [0, 0.1) is 5.82 Å². The molecule has 0 atom stereocenters. The van der Waals surface area contributed by atoms with Crippen molar-refractivity contribution in [3.05, 3.63) is 24.0 Å². The van der Waals surface area contributed by atoms with Crippen molar-refractivity contribution in [1.82, 2.24) is 5.16 Å². The maximum atomic E-state index is 13.2. The highest BCUT2D eigenvalue weighted by molar-refractivity contribution is 5.88. The van der Waals surface area contributed by atoms with E-state index in [4.69, 9.17) is 10.3 Å². The van der Waals surface area contributed by atoms with Crippen molar-refractivity contribution in [2.24, 2.45) is 5.73 Å². The lowest BCUT2D eigenvalue weighted by Gasteiger charge is -1.99. The maximum absolute atomic E-state index is 13.2. The van der Waals surface area contributed by atoms with Crippen molar-refractivity contribution in [3.8, 4) is 0 Å². The fraction of sp³-hybridized carbons (Fsp3) is 0.300. The standard InChI is InChI=1S/C10H12FN3O/c11-8-4-1-3-7-9(8)15-14-10(7)13-6-2-5-12/h1,3-4H,2,5-6,12H2,(H,13,14). The average Bonchev–Trinajstić information content (AvgIpc) is 2.64. The van der Waals surface area contributed by atoms with Crippen molar-refractivity contribution in [2.45, 2.75) is 6.42 Å². The summed E-state index contributed by atoms with van der Waals surface area (Å²) in [5.41, 5.74) is 5.55. The number of para-hydroxylation sites is 1. The summed E-state index contributed by atoms with van der Waals surface area (Å²) in [5, 5.41) is 7.46. The number of anilines is 1. The molecule has 1 heterocycles. The average molecular weight is 209 g/mol. The summed E-state index contributed by atoms with van der Waals surface area (Å²) in [4.78, 5) is 0. The van der Waals surface area contributed by atoms with Gasteiger partial charge in [0.1, 0.15) is 0 Å². The molecule has 0 radical (unpaired) electrons. The van der Waals surface area contributed by atoms with Gasteiger partial charge in [-0.1, -0.05) is 11.2 Å². The van der Waals surface area contributed by atoms with Gasteiger partial charge < -0.3 is 15.6 Å². The molecule has 1 aromatic carbocycles. The number of nitrogens with zero attached hydrogens (tertiary/aromatic N) is 1. The third kappa shape index (κ3) is 1.92. The Bertz CT molecular complexity index is 455. The van der Waals surface area contributed by atoms with E-state index in [-0.39, 0.29) is 5.58 Å². The lowest BCUT2D eigenvalue weighted by Crippen LogP contribution is -2.08. The number of fused-ring (bicyclic) bond motifs is 1. The van der Waals surface area contributed by atoms with E-state index >= 15 is 0 Å². The monoisotopic (exact) mass is 209 g/mol. The number of benzene rings is 1. The van der Waals surface area contributed by atoms with Crippen molar-refractivity contribution in [2.75, 3.05) is 18.4 Å². The van der Waals surface area contributed by atoms with Crippen molar-refractivity contribution in [1.29, 1.82) is 0 Å². The molecule has 15 heavy (non-hydrogen) atoms. The van der Waals surface area contributed by atoms with Crippen LogP contribution in [0.25, 0.3) is 11.0 Å². The molecule has 0 saturated heterocycles. The van der Waals surface area contributed by atoms with Crippen LogP contribution in [-0.4, -0.2) is 18.2 Å². The Hall–Kier alpha value is -1.62. The number of hydrogen-bond donors (Lipinski definition) is 2. The van der Waals surface area contributed by atoms with E-state index in [1.165, 1.54) is 6.07 Å². The van der Waals surface area contributed by atoms with Crippen LogP contribution < -0.4 is 11.1 Å². The van der Waals surface area contributed by atoms with Gasteiger partial charge in [-0.05, 0) is 25.1 Å². The van der Waals surface area contributed by atoms with E-state index in [9.17, 15) is 4.39 Å². The fourth-order valence-electron chi connectivity index (χ4n) is 1.36. The molecule has 0 aliphatic carbocycles. The minimum Gasteiger partial charge on any atom is -0.367 e.